The van der Waals surface area contributed by atoms with Gasteiger partial charge in [0.25, 0.3) is 0 Å². The van der Waals surface area contributed by atoms with E-state index in [1.165, 1.54) is 25.8 Å². The van der Waals surface area contributed by atoms with E-state index < -0.39 is 0 Å². The van der Waals surface area contributed by atoms with Gasteiger partial charge in [-0.05, 0) is 31.3 Å². The van der Waals surface area contributed by atoms with Crippen molar-refractivity contribution in [3.05, 3.63) is 0 Å². The highest BCUT2D eigenvalue weighted by atomic mass is 15.2. The molecule has 0 unspecified atom stereocenters. The highest BCUT2D eigenvalue weighted by Gasteiger charge is 2.28. The van der Waals surface area contributed by atoms with E-state index in [-0.39, 0.29) is 5.41 Å². The molecule has 78 valence electrons. The molecule has 0 aromatic carbocycles. The molecule has 0 aliphatic heterocycles. The number of nitrogens with zero attached hydrogens (tertiary/aromatic N) is 1. The molecule has 0 heterocycles. The average Bonchev–Trinajstić information content (AvgIpc) is 2.00. The topological polar surface area (TPSA) is 29.3 Å². The number of hydrogen-bond acceptors (Lipinski definition) is 2. The van der Waals surface area contributed by atoms with Crippen molar-refractivity contribution in [2.24, 2.45) is 11.1 Å². The molecule has 0 radical (unpaired) electrons. The second-order valence-corrected chi connectivity index (χ2v) is 5.02. The fourth-order valence-electron chi connectivity index (χ4n) is 1.87. The lowest BCUT2D eigenvalue weighted by atomic mass is 9.87. The van der Waals surface area contributed by atoms with Crippen LogP contribution in [0.3, 0.4) is 0 Å². The Morgan fingerprint density at radius 2 is 2.00 bits per heavy atom. The summed E-state index contributed by atoms with van der Waals surface area (Å²) < 4.78 is 0. The molecule has 0 bridgehead atoms. The molecule has 1 fully saturated rings. The molecule has 0 amide bonds. The van der Waals surface area contributed by atoms with Gasteiger partial charge in [-0.1, -0.05) is 27.2 Å². The monoisotopic (exact) mass is 184 g/mol. The van der Waals surface area contributed by atoms with Gasteiger partial charge in [-0.25, -0.2) is 0 Å². The van der Waals surface area contributed by atoms with Crippen LogP contribution < -0.4 is 5.73 Å². The van der Waals surface area contributed by atoms with Crippen molar-refractivity contribution >= 4 is 0 Å². The molecule has 13 heavy (non-hydrogen) atoms. The zero-order chi connectivity index (χ0) is 9.90. The Morgan fingerprint density at radius 3 is 2.31 bits per heavy atom. The van der Waals surface area contributed by atoms with Gasteiger partial charge in [0.05, 0.1) is 0 Å². The molecule has 0 aromatic rings. The smallest absolute Gasteiger partial charge is 0.00954 e. The van der Waals surface area contributed by atoms with Crippen molar-refractivity contribution in [2.75, 3.05) is 19.6 Å². The fourth-order valence-corrected chi connectivity index (χ4v) is 1.87. The highest BCUT2D eigenvalue weighted by Crippen LogP contribution is 2.27. The van der Waals surface area contributed by atoms with Crippen molar-refractivity contribution in [1.29, 1.82) is 0 Å². The largest absolute Gasteiger partial charge is 0.330 e. The standard InChI is InChI=1S/C11H24N2/c1-4-13(10-6-5-7-10)9-11(2,3)8-12/h10H,4-9,12H2,1-3H3. The molecule has 0 aromatic heterocycles. The average molecular weight is 184 g/mol. The Morgan fingerprint density at radius 1 is 1.38 bits per heavy atom. The molecule has 2 heteroatoms. The quantitative estimate of drug-likeness (QED) is 0.706. The summed E-state index contributed by atoms with van der Waals surface area (Å²) in [4.78, 5) is 2.59. The van der Waals surface area contributed by atoms with Crippen LogP contribution in [0.5, 0.6) is 0 Å². The zero-order valence-corrected chi connectivity index (χ0v) is 9.34. The van der Waals surface area contributed by atoms with Crippen LogP contribution in [0.2, 0.25) is 0 Å². The maximum Gasteiger partial charge on any atom is 0.00954 e. The summed E-state index contributed by atoms with van der Waals surface area (Å²) in [6.07, 6.45) is 4.22. The van der Waals surface area contributed by atoms with Crippen molar-refractivity contribution in [3.8, 4) is 0 Å². The summed E-state index contributed by atoms with van der Waals surface area (Å²) in [6, 6.07) is 0.857. The third-order valence-corrected chi connectivity index (χ3v) is 3.18. The molecule has 2 N–H and O–H groups in total. The van der Waals surface area contributed by atoms with Gasteiger partial charge in [-0.15, -0.1) is 0 Å². The van der Waals surface area contributed by atoms with Gasteiger partial charge in [0.1, 0.15) is 0 Å². The van der Waals surface area contributed by atoms with Crippen LogP contribution in [0.15, 0.2) is 0 Å². The fraction of sp³-hybridized carbons (Fsp3) is 1.00. The van der Waals surface area contributed by atoms with Gasteiger partial charge >= 0.3 is 0 Å². The van der Waals surface area contributed by atoms with Gasteiger partial charge in [0.2, 0.25) is 0 Å². The van der Waals surface area contributed by atoms with E-state index >= 15 is 0 Å². The van der Waals surface area contributed by atoms with E-state index in [0.717, 1.165) is 19.1 Å². The van der Waals surface area contributed by atoms with Crippen molar-refractivity contribution < 1.29 is 0 Å². The van der Waals surface area contributed by atoms with Gasteiger partial charge in [-0.2, -0.15) is 0 Å². The summed E-state index contributed by atoms with van der Waals surface area (Å²) in [7, 11) is 0. The number of nitrogens with two attached hydrogens (primary N) is 1. The highest BCUT2D eigenvalue weighted by molar-refractivity contribution is 4.83. The molecular weight excluding hydrogens is 160 g/mol. The molecule has 0 spiro atoms. The second-order valence-electron chi connectivity index (χ2n) is 5.02. The first-order chi connectivity index (χ1) is 6.09. The van der Waals surface area contributed by atoms with Crippen molar-refractivity contribution in [2.45, 2.75) is 46.1 Å². The molecule has 0 saturated heterocycles. The van der Waals surface area contributed by atoms with Crippen LogP contribution >= 0.6 is 0 Å². The lowest BCUT2D eigenvalue weighted by Crippen LogP contribution is -2.46. The van der Waals surface area contributed by atoms with Crippen LogP contribution in [0.1, 0.15) is 40.0 Å². The van der Waals surface area contributed by atoms with Gasteiger partial charge < -0.3 is 10.6 Å². The summed E-state index contributed by atoms with van der Waals surface area (Å²) in [5.74, 6) is 0. The van der Waals surface area contributed by atoms with Crippen LogP contribution in [0, 0.1) is 5.41 Å². The number of hydrogen-bond donors (Lipinski definition) is 1. The summed E-state index contributed by atoms with van der Waals surface area (Å²) in [5, 5.41) is 0. The van der Waals surface area contributed by atoms with Crippen LogP contribution in [-0.2, 0) is 0 Å². The van der Waals surface area contributed by atoms with E-state index in [0.29, 0.717) is 0 Å². The lowest BCUT2D eigenvalue weighted by Gasteiger charge is -2.41. The first-order valence-electron chi connectivity index (χ1n) is 5.53. The molecule has 1 rings (SSSR count). The molecule has 1 saturated carbocycles. The normalized spacial score (nSPS) is 19.2. The molecule has 0 atom stereocenters. The minimum Gasteiger partial charge on any atom is -0.330 e. The molecule has 2 nitrogen and oxygen atoms in total. The van der Waals surface area contributed by atoms with Crippen LogP contribution in [0.25, 0.3) is 0 Å². The van der Waals surface area contributed by atoms with Crippen molar-refractivity contribution in [3.63, 3.8) is 0 Å². The summed E-state index contributed by atoms with van der Waals surface area (Å²) in [6.45, 7) is 9.89. The predicted molar refractivity (Wildman–Crippen MR) is 57.7 cm³/mol. The first kappa shape index (κ1) is 11.0. The second kappa shape index (κ2) is 4.43. The maximum atomic E-state index is 5.74. The summed E-state index contributed by atoms with van der Waals surface area (Å²) in [5.41, 5.74) is 6.03. The van der Waals surface area contributed by atoms with Crippen LogP contribution in [-0.4, -0.2) is 30.6 Å². The summed E-state index contributed by atoms with van der Waals surface area (Å²) >= 11 is 0. The van der Waals surface area contributed by atoms with E-state index in [2.05, 4.69) is 25.7 Å². The Bertz CT molecular complexity index is 150. The third kappa shape index (κ3) is 2.96. The van der Waals surface area contributed by atoms with Crippen LogP contribution in [0.4, 0.5) is 0 Å². The lowest BCUT2D eigenvalue weighted by molar-refractivity contribution is 0.0904. The Labute approximate surface area is 82.5 Å². The Kier molecular flexibility index (Phi) is 3.74. The van der Waals surface area contributed by atoms with Gasteiger partial charge in [0.15, 0.2) is 0 Å². The molecule has 1 aliphatic rings. The minimum absolute atomic E-state index is 0.283. The van der Waals surface area contributed by atoms with Gasteiger partial charge in [0, 0.05) is 12.6 Å². The number of rotatable bonds is 5. The zero-order valence-electron chi connectivity index (χ0n) is 9.34. The Balaban J connectivity index is 2.38. The van der Waals surface area contributed by atoms with E-state index in [9.17, 15) is 0 Å². The maximum absolute atomic E-state index is 5.74. The van der Waals surface area contributed by atoms with Crippen molar-refractivity contribution in [1.82, 2.24) is 4.90 Å². The molecular formula is C11H24N2. The Hall–Kier alpha value is -0.0800. The molecule has 1 aliphatic carbocycles. The first-order valence-corrected chi connectivity index (χ1v) is 5.53. The predicted octanol–water partition coefficient (Wildman–Crippen LogP) is 1.85. The SMILES string of the molecule is CCN(CC(C)(C)CN)C1CCC1. The van der Waals surface area contributed by atoms with Gasteiger partial charge in [-0.3, -0.25) is 0 Å². The third-order valence-electron chi connectivity index (χ3n) is 3.18. The van der Waals surface area contributed by atoms with E-state index in [4.69, 9.17) is 5.73 Å². The van der Waals surface area contributed by atoms with E-state index in [1.54, 1.807) is 0 Å². The van der Waals surface area contributed by atoms with E-state index in [1.807, 2.05) is 0 Å². The minimum atomic E-state index is 0.283.